The number of halogens is 3. The molecule has 11 heteroatoms. The smallest absolute Gasteiger partial charge is 0.194 e. The first kappa shape index (κ1) is 61.6. The van der Waals surface area contributed by atoms with E-state index in [0.717, 1.165) is 102 Å². The second kappa shape index (κ2) is 26.1. The van der Waals surface area contributed by atoms with Gasteiger partial charge in [0.05, 0.1) is 72.9 Å². The molecule has 6 heterocycles. The minimum Gasteiger partial charge on any atom is -0.355 e. The van der Waals surface area contributed by atoms with Crippen molar-refractivity contribution in [1.29, 1.82) is 0 Å². The molecule has 0 spiro atoms. The lowest BCUT2D eigenvalue weighted by molar-refractivity contribution is 0.447. The molecule has 0 saturated heterocycles. The van der Waals surface area contributed by atoms with Crippen LogP contribution in [0.4, 0.5) is 13.2 Å². The molecule has 0 unspecified atom stereocenters. The number of aromatic nitrogens is 8. The molecule has 0 saturated carbocycles. The van der Waals surface area contributed by atoms with Crippen LogP contribution in [0.1, 0.15) is 0 Å². The van der Waals surface area contributed by atoms with E-state index in [4.69, 9.17) is 9.97 Å². The zero-order chi connectivity index (χ0) is 68.9. The summed E-state index contributed by atoms with van der Waals surface area (Å²) in [5.41, 5.74) is 19.7. The average molecular weight is 1330 g/mol. The minimum atomic E-state index is -1.50. The molecule has 0 amide bonds. The topological polar surface area (TPSA) is 82.1 Å². The minimum absolute atomic E-state index is 0.142. The highest BCUT2D eigenvalue weighted by Gasteiger charge is 2.27. The van der Waals surface area contributed by atoms with E-state index in [2.05, 4.69) is 290 Å². The van der Waals surface area contributed by atoms with Crippen LogP contribution in [-0.2, 0) is 0 Å². The molecule has 103 heavy (non-hydrogen) atoms. The summed E-state index contributed by atoms with van der Waals surface area (Å²) >= 11 is 0. The number of benzene rings is 14. The average Bonchev–Trinajstić information content (AvgIpc) is 1.57. The Bertz CT molecular complexity index is 6120. The molecule has 0 fully saturated rings. The molecule has 20 rings (SSSR count). The van der Waals surface area contributed by atoms with Gasteiger partial charge in [0.2, 0.25) is 0 Å². The number of nitrogens with one attached hydrogen (secondary N) is 1. The standard InChI is InChI=1S/C58H37N5.C22H13F3N2.C12H9N/c1-3-19-38(20-4-1)47-37-48(60-58(59-47)39-21-5-2-6-22-39)40-35-55(61-49-29-13-7-23-41(49)42-24-8-14-30-50(42)61)57(63-53-33-17-11-27-45(53)46-28-12-18-34-54(46)63)56(36-40)62-51-31-15-9-25-43(51)44-26-10-16-32-52(44)62;23-17-11-16(12-18(24)21(17)25)20-13-19(14-7-3-1-4-8-14)26-22(27-20)15-9-5-2-6-10-15;1-3-7-11-9(5-1)10-6-2-4-8-12(10)13-11/h1-37H;1-13H;1-8,13H. The van der Waals surface area contributed by atoms with Crippen LogP contribution in [-0.4, -0.2) is 38.6 Å². The molecule has 0 radical (unpaired) electrons. The predicted octanol–water partition coefficient (Wildman–Crippen LogP) is 24.0. The van der Waals surface area contributed by atoms with Crippen LogP contribution < -0.4 is 0 Å². The normalized spacial score (nSPS) is 11.4. The van der Waals surface area contributed by atoms with Crippen molar-refractivity contribution in [3.63, 3.8) is 0 Å². The van der Waals surface area contributed by atoms with Gasteiger partial charge in [-0.2, -0.15) is 0 Å². The third-order valence-corrected chi connectivity index (χ3v) is 19.2. The van der Waals surface area contributed by atoms with Crippen molar-refractivity contribution >= 4 is 87.2 Å². The van der Waals surface area contributed by atoms with Gasteiger partial charge >= 0.3 is 0 Å². The zero-order valence-corrected chi connectivity index (χ0v) is 55.3. The van der Waals surface area contributed by atoms with Gasteiger partial charge in [0.15, 0.2) is 29.1 Å². The Morgan fingerprint density at radius 3 is 0.806 bits per heavy atom. The van der Waals surface area contributed by atoms with E-state index in [-0.39, 0.29) is 5.56 Å². The first-order chi connectivity index (χ1) is 50.8. The molecule has 0 aliphatic rings. The van der Waals surface area contributed by atoms with Gasteiger partial charge in [-0.25, -0.2) is 33.1 Å². The second-order valence-corrected chi connectivity index (χ2v) is 25.3. The Kier molecular flexibility index (Phi) is 15.6. The number of fused-ring (bicyclic) bond motifs is 12. The fourth-order valence-electron chi connectivity index (χ4n) is 14.5. The summed E-state index contributed by atoms with van der Waals surface area (Å²) in [6.45, 7) is 0. The van der Waals surface area contributed by atoms with E-state index in [0.29, 0.717) is 23.0 Å². The number of aromatic amines is 1. The summed E-state index contributed by atoms with van der Waals surface area (Å²) in [4.78, 5) is 23.1. The molecule has 6 aromatic heterocycles. The van der Waals surface area contributed by atoms with Crippen molar-refractivity contribution in [3.05, 3.63) is 369 Å². The van der Waals surface area contributed by atoms with Crippen molar-refractivity contribution in [2.75, 3.05) is 0 Å². The lowest BCUT2D eigenvalue weighted by atomic mass is 10.0. The first-order valence-electron chi connectivity index (χ1n) is 34.1. The van der Waals surface area contributed by atoms with Crippen molar-refractivity contribution in [1.82, 2.24) is 38.6 Å². The first-order valence-corrected chi connectivity index (χ1v) is 34.1. The van der Waals surface area contributed by atoms with Gasteiger partial charge in [-0.15, -0.1) is 0 Å². The quantitative estimate of drug-likeness (QED) is 0.146. The van der Waals surface area contributed by atoms with E-state index < -0.39 is 17.5 Å². The van der Waals surface area contributed by atoms with Crippen molar-refractivity contribution in [3.8, 4) is 84.9 Å². The highest BCUT2D eigenvalue weighted by molar-refractivity contribution is 6.14. The molecule has 0 aliphatic heterocycles. The van der Waals surface area contributed by atoms with E-state index in [1.54, 1.807) is 6.07 Å². The molecule has 1 N–H and O–H groups in total. The van der Waals surface area contributed by atoms with Gasteiger partial charge in [-0.05, 0) is 84.9 Å². The summed E-state index contributed by atoms with van der Waals surface area (Å²) in [6, 6.07) is 119. The van der Waals surface area contributed by atoms with Crippen LogP contribution in [0.25, 0.3) is 172 Å². The molecule has 488 valence electrons. The van der Waals surface area contributed by atoms with Crippen LogP contribution in [0.15, 0.2) is 352 Å². The summed E-state index contributed by atoms with van der Waals surface area (Å²) in [7, 11) is 0. The van der Waals surface area contributed by atoms with Gasteiger partial charge in [-0.3, -0.25) is 0 Å². The number of hydrogen-bond acceptors (Lipinski definition) is 4. The number of nitrogens with zero attached hydrogens (tertiary/aromatic N) is 7. The van der Waals surface area contributed by atoms with Crippen LogP contribution in [0, 0.1) is 17.5 Å². The fourth-order valence-corrected chi connectivity index (χ4v) is 14.5. The lowest BCUT2D eigenvalue weighted by Crippen LogP contribution is -2.10. The monoisotopic (exact) mass is 1330 g/mol. The van der Waals surface area contributed by atoms with Crippen LogP contribution in [0.3, 0.4) is 0 Å². The van der Waals surface area contributed by atoms with Crippen LogP contribution >= 0.6 is 0 Å². The molecule has 8 nitrogen and oxygen atoms in total. The number of para-hydroxylation sites is 8. The number of hydrogen-bond donors (Lipinski definition) is 1. The highest BCUT2D eigenvalue weighted by Crippen LogP contribution is 2.45. The largest absolute Gasteiger partial charge is 0.355 e. The molecular formula is C92H59F3N8. The van der Waals surface area contributed by atoms with E-state index >= 15 is 0 Å². The summed E-state index contributed by atoms with van der Waals surface area (Å²) in [5.74, 6) is -2.93. The Labute approximate surface area is 589 Å². The molecule has 0 aliphatic carbocycles. The van der Waals surface area contributed by atoms with E-state index in [1.165, 1.54) is 54.1 Å². The maximum atomic E-state index is 13.7. The Morgan fingerprint density at radius 1 is 0.223 bits per heavy atom. The Hall–Kier alpha value is -13.8. The SMILES string of the molecule is Fc1cc(-c2cc(-c3ccccc3)nc(-c3ccccc3)n2)cc(F)c1F.c1ccc(-c2cc(-c3cc(-n4c5ccccc5c5ccccc54)c(-n4c5ccccc5c5ccccc54)c(-n4c5ccccc5c5ccccc54)c3)nc(-c3ccccc3)n2)cc1.c1ccc2c(c1)[nH]c1ccccc12. The third-order valence-electron chi connectivity index (χ3n) is 19.2. The molecule has 0 atom stereocenters. The van der Waals surface area contributed by atoms with Gasteiger partial charge in [0.1, 0.15) is 0 Å². The number of H-pyrrole nitrogens is 1. The van der Waals surface area contributed by atoms with E-state index in [9.17, 15) is 13.2 Å². The highest BCUT2D eigenvalue weighted by atomic mass is 19.2. The zero-order valence-electron chi connectivity index (χ0n) is 55.3. The maximum absolute atomic E-state index is 13.7. The Morgan fingerprint density at radius 2 is 0.476 bits per heavy atom. The van der Waals surface area contributed by atoms with Crippen molar-refractivity contribution in [2.45, 2.75) is 0 Å². The Balaban J connectivity index is 0.000000154. The van der Waals surface area contributed by atoms with Gasteiger partial charge in [-0.1, -0.05) is 267 Å². The van der Waals surface area contributed by atoms with Gasteiger partial charge < -0.3 is 18.7 Å². The van der Waals surface area contributed by atoms with Crippen LogP contribution in [0.2, 0.25) is 0 Å². The van der Waals surface area contributed by atoms with Gasteiger partial charge in [0.25, 0.3) is 0 Å². The van der Waals surface area contributed by atoms with Crippen LogP contribution in [0.5, 0.6) is 0 Å². The molecule has 20 aromatic rings. The third kappa shape index (κ3) is 11.2. The number of rotatable bonds is 9. The van der Waals surface area contributed by atoms with Gasteiger partial charge in [0, 0.05) is 87.5 Å². The molecule has 14 aromatic carbocycles. The summed E-state index contributed by atoms with van der Waals surface area (Å²) in [5, 5.41) is 9.81. The molecular weight excluding hydrogens is 1270 g/mol. The summed E-state index contributed by atoms with van der Waals surface area (Å²) in [6.07, 6.45) is 0. The fraction of sp³-hybridized carbons (Fsp3) is 0. The summed E-state index contributed by atoms with van der Waals surface area (Å²) < 4.78 is 48.2. The van der Waals surface area contributed by atoms with E-state index in [1.807, 2.05) is 72.8 Å². The lowest BCUT2D eigenvalue weighted by Gasteiger charge is -2.23. The molecule has 0 bridgehead atoms. The second-order valence-electron chi connectivity index (χ2n) is 25.3. The predicted molar refractivity (Wildman–Crippen MR) is 415 cm³/mol. The maximum Gasteiger partial charge on any atom is 0.194 e. The van der Waals surface area contributed by atoms with Crippen molar-refractivity contribution in [2.24, 2.45) is 0 Å². The van der Waals surface area contributed by atoms with Crippen molar-refractivity contribution < 1.29 is 13.2 Å².